The van der Waals surface area contributed by atoms with Crippen molar-refractivity contribution in [1.82, 2.24) is 4.98 Å². The minimum Gasteiger partial charge on any atom is -0.377 e. The summed E-state index contributed by atoms with van der Waals surface area (Å²) in [7, 11) is 0. The van der Waals surface area contributed by atoms with Gasteiger partial charge in [-0.1, -0.05) is 0 Å². The highest BCUT2D eigenvalue weighted by atomic mass is 32.1. The first-order chi connectivity index (χ1) is 5.02. The van der Waals surface area contributed by atoms with Crippen molar-refractivity contribution in [3.63, 3.8) is 0 Å². The largest absolute Gasteiger partial charge is 0.420 e. The number of rotatable bonds is 1. The van der Waals surface area contributed by atoms with Crippen molar-refractivity contribution in [2.24, 2.45) is 0 Å². The quantitative estimate of drug-likeness (QED) is 0.719. The SMILES string of the molecule is O[C@@H](c1nccs1)C(F)(F)F. The summed E-state index contributed by atoms with van der Waals surface area (Å²) < 4.78 is 35.2. The second kappa shape index (κ2) is 2.78. The Bertz CT molecular complexity index is 220. The second-order valence-electron chi connectivity index (χ2n) is 1.81. The van der Waals surface area contributed by atoms with Crippen molar-refractivity contribution < 1.29 is 18.3 Å². The maximum absolute atomic E-state index is 11.7. The smallest absolute Gasteiger partial charge is 0.377 e. The van der Waals surface area contributed by atoms with Crippen molar-refractivity contribution in [2.75, 3.05) is 0 Å². The van der Waals surface area contributed by atoms with E-state index in [1.807, 2.05) is 0 Å². The fourth-order valence-corrected chi connectivity index (χ4v) is 1.15. The first-order valence-electron chi connectivity index (χ1n) is 2.66. The Hall–Kier alpha value is -0.620. The van der Waals surface area contributed by atoms with E-state index in [0.29, 0.717) is 0 Å². The number of alkyl halides is 3. The van der Waals surface area contributed by atoms with Crippen LogP contribution in [0.1, 0.15) is 11.1 Å². The maximum atomic E-state index is 11.7. The third kappa shape index (κ3) is 1.90. The summed E-state index contributed by atoms with van der Waals surface area (Å²) in [6.07, 6.45) is -5.84. The lowest BCUT2D eigenvalue weighted by atomic mass is 10.4. The number of hydrogen-bond donors (Lipinski definition) is 1. The molecule has 0 aliphatic heterocycles. The Kier molecular flexibility index (Phi) is 2.15. The maximum Gasteiger partial charge on any atom is 0.420 e. The lowest BCUT2D eigenvalue weighted by Crippen LogP contribution is -2.19. The molecule has 0 amide bonds. The molecule has 0 saturated heterocycles. The third-order valence-electron chi connectivity index (χ3n) is 0.995. The molecule has 1 heterocycles. The highest BCUT2D eigenvalue weighted by Crippen LogP contribution is 2.32. The number of nitrogens with zero attached hydrogens (tertiary/aromatic N) is 1. The molecule has 1 rings (SSSR count). The van der Waals surface area contributed by atoms with Crippen LogP contribution in [-0.4, -0.2) is 16.3 Å². The Morgan fingerprint density at radius 1 is 1.55 bits per heavy atom. The van der Waals surface area contributed by atoms with Gasteiger partial charge in [0, 0.05) is 11.6 Å². The first kappa shape index (κ1) is 8.48. The molecule has 1 aromatic rings. The van der Waals surface area contributed by atoms with E-state index in [9.17, 15) is 13.2 Å². The van der Waals surface area contributed by atoms with E-state index in [1.165, 1.54) is 11.6 Å². The molecule has 2 nitrogen and oxygen atoms in total. The van der Waals surface area contributed by atoms with E-state index in [0.717, 1.165) is 11.3 Å². The molecule has 0 radical (unpaired) electrons. The summed E-state index contributed by atoms with van der Waals surface area (Å²) in [6, 6.07) is 0. The van der Waals surface area contributed by atoms with E-state index in [4.69, 9.17) is 5.11 Å². The van der Waals surface area contributed by atoms with Crippen LogP contribution in [-0.2, 0) is 0 Å². The molecule has 6 heteroatoms. The molecule has 1 N–H and O–H groups in total. The normalized spacial score (nSPS) is 14.9. The molecule has 0 aliphatic carbocycles. The molecule has 0 aliphatic rings. The Balaban J connectivity index is 2.78. The van der Waals surface area contributed by atoms with Gasteiger partial charge in [-0.05, 0) is 0 Å². The molecular weight excluding hydrogens is 179 g/mol. The number of halogens is 3. The van der Waals surface area contributed by atoms with Crippen LogP contribution < -0.4 is 0 Å². The molecular formula is C5H4F3NOS. The van der Waals surface area contributed by atoms with Crippen molar-refractivity contribution in [3.05, 3.63) is 16.6 Å². The van der Waals surface area contributed by atoms with Gasteiger partial charge >= 0.3 is 6.18 Å². The van der Waals surface area contributed by atoms with Gasteiger partial charge in [0.05, 0.1) is 0 Å². The van der Waals surface area contributed by atoms with E-state index < -0.39 is 12.3 Å². The van der Waals surface area contributed by atoms with Gasteiger partial charge in [0.15, 0.2) is 0 Å². The van der Waals surface area contributed by atoms with E-state index in [1.54, 1.807) is 0 Å². The third-order valence-corrected chi connectivity index (χ3v) is 1.82. The predicted octanol–water partition coefficient (Wildman–Crippen LogP) is 1.74. The van der Waals surface area contributed by atoms with Crippen LogP contribution in [0.5, 0.6) is 0 Å². The van der Waals surface area contributed by atoms with Gasteiger partial charge in [-0.2, -0.15) is 13.2 Å². The summed E-state index contributed by atoms with van der Waals surface area (Å²) >= 11 is 0.777. The van der Waals surface area contributed by atoms with Crippen LogP contribution in [0.15, 0.2) is 11.6 Å². The minimum atomic E-state index is -4.61. The molecule has 1 aromatic heterocycles. The summed E-state index contributed by atoms with van der Waals surface area (Å²) in [5, 5.41) is 9.63. The van der Waals surface area contributed by atoms with Crippen molar-refractivity contribution in [1.29, 1.82) is 0 Å². The molecule has 1 atom stereocenters. The standard InChI is InChI=1S/C5H4F3NOS/c6-5(7,8)3(10)4-9-1-2-11-4/h1-3,10H/t3-/m0/s1. The Morgan fingerprint density at radius 2 is 2.18 bits per heavy atom. The summed E-state index contributed by atoms with van der Waals surface area (Å²) in [5.74, 6) is 0. The lowest BCUT2D eigenvalue weighted by molar-refractivity contribution is -0.206. The lowest BCUT2D eigenvalue weighted by Gasteiger charge is -2.10. The molecule has 0 unspecified atom stereocenters. The monoisotopic (exact) mass is 183 g/mol. The first-order valence-corrected chi connectivity index (χ1v) is 3.54. The zero-order valence-electron chi connectivity index (χ0n) is 5.17. The number of aliphatic hydroxyl groups is 1. The van der Waals surface area contributed by atoms with Gasteiger partial charge < -0.3 is 5.11 Å². The number of hydrogen-bond acceptors (Lipinski definition) is 3. The number of thiazole rings is 1. The molecule has 11 heavy (non-hydrogen) atoms. The predicted molar refractivity (Wildman–Crippen MR) is 33.1 cm³/mol. The van der Waals surface area contributed by atoms with Crippen LogP contribution in [0.2, 0.25) is 0 Å². The summed E-state index contributed by atoms with van der Waals surface area (Å²) in [5.41, 5.74) is 0. The molecule has 0 saturated carbocycles. The van der Waals surface area contributed by atoms with Crippen LogP contribution in [0.3, 0.4) is 0 Å². The fourth-order valence-electron chi connectivity index (χ4n) is 0.510. The average Bonchev–Trinajstić information content (AvgIpc) is 2.34. The van der Waals surface area contributed by atoms with Crippen molar-refractivity contribution in [2.45, 2.75) is 12.3 Å². The van der Waals surface area contributed by atoms with Gasteiger partial charge in [0.2, 0.25) is 6.10 Å². The minimum absolute atomic E-state index is 0.322. The van der Waals surface area contributed by atoms with E-state index in [2.05, 4.69) is 4.98 Å². The number of aromatic nitrogens is 1. The Morgan fingerprint density at radius 3 is 2.55 bits per heavy atom. The second-order valence-corrected chi connectivity index (χ2v) is 2.74. The van der Waals surface area contributed by atoms with Crippen LogP contribution >= 0.6 is 11.3 Å². The van der Waals surface area contributed by atoms with Crippen molar-refractivity contribution >= 4 is 11.3 Å². The zero-order chi connectivity index (χ0) is 8.48. The fraction of sp³-hybridized carbons (Fsp3) is 0.400. The average molecular weight is 183 g/mol. The van der Waals surface area contributed by atoms with E-state index in [-0.39, 0.29) is 5.01 Å². The van der Waals surface area contributed by atoms with Gasteiger partial charge in [-0.25, -0.2) is 4.98 Å². The van der Waals surface area contributed by atoms with Crippen LogP contribution in [0.4, 0.5) is 13.2 Å². The molecule has 0 bridgehead atoms. The van der Waals surface area contributed by atoms with Gasteiger partial charge in [0.25, 0.3) is 0 Å². The highest BCUT2D eigenvalue weighted by Gasteiger charge is 2.40. The number of aliphatic hydroxyl groups excluding tert-OH is 1. The summed E-state index contributed by atoms with van der Waals surface area (Å²) in [6.45, 7) is 0. The highest BCUT2D eigenvalue weighted by molar-refractivity contribution is 7.09. The van der Waals surface area contributed by atoms with Crippen LogP contribution in [0.25, 0.3) is 0 Å². The zero-order valence-corrected chi connectivity index (χ0v) is 5.99. The van der Waals surface area contributed by atoms with Crippen LogP contribution in [0, 0.1) is 0 Å². The Labute approximate surface area is 64.3 Å². The van der Waals surface area contributed by atoms with Gasteiger partial charge in [-0.15, -0.1) is 11.3 Å². The molecule has 0 fully saturated rings. The van der Waals surface area contributed by atoms with Crippen molar-refractivity contribution in [3.8, 4) is 0 Å². The van der Waals surface area contributed by atoms with Gasteiger partial charge in [0.1, 0.15) is 5.01 Å². The van der Waals surface area contributed by atoms with E-state index >= 15 is 0 Å². The molecule has 62 valence electrons. The topological polar surface area (TPSA) is 33.1 Å². The van der Waals surface area contributed by atoms with Gasteiger partial charge in [-0.3, -0.25) is 0 Å². The molecule has 0 aromatic carbocycles. The summed E-state index contributed by atoms with van der Waals surface area (Å²) in [4.78, 5) is 3.33. The molecule has 0 spiro atoms.